The summed E-state index contributed by atoms with van der Waals surface area (Å²) in [4.78, 5) is 0. The predicted octanol–water partition coefficient (Wildman–Crippen LogP) is 2.66. The molecule has 2 unspecified atom stereocenters. The van der Waals surface area contributed by atoms with Gasteiger partial charge in [-0.15, -0.1) is 5.10 Å². The molecular formula is C12H14BrN5. The van der Waals surface area contributed by atoms with Crippen molar-refractivity contribution in [3.05, 3.63) is 22.7 Å². The average molecular weight is 308 g/mol. The van der Waals surface area contributed by atoms with Gasteiger partial charge in [0, 0.05) is 15.7 Å². The van der Waals surface area contributed by atoms with Crippen LogP contribution < -0.4 is 5.73 Å². The van der Waals surface area contributed by atoms with E-state index >= 15 is 0 Å². The molecule has 3 rings (SSSR count). The van der Waals surface area contributed by atoms with E-state index < -0.39 is 0 Å². The van der Waals surface area contributed by atoms with Crippen molar-refractivity contribution in [1.29, 1.82) is 0 Å². The quantitative estimate of drug-likeness (QED) is 0.885. The molecule has 0 spiro atoms. The second-order valence-corrected chi connectivity index (χ2v) is 5.51. The molecule has 1 aromatic heterocycles. The molecule has 1 heterocycles. The second kappa shape index (κ2) is 4.35. The molecule has 0 radical (unpaired) electrons. The van der Waals surface area contributed by atoms with Gasteiger partial charge in [0.1, 0.15) is 0 Å². The lowest BCUT2D eigenvalue weighted by molar-refractivity contribution is 0.563. The molecule has 5 nitrogen and oxygen atoms in total. The minimum atomic E-state index is 0.449. The number of aromatic nitrogens is 4. The first kappa shape index (κ1) is 11.6. The lowest BCUT2D eigenvalue weighted by Crippen LogP contribution is -2.02. The van der Waals surface area contributed by atoms with Gasteiger partial charge in [-0.25, -0.2) is 4.68 Å². The summed E-state index contributed by atoms with van der Waals surface area (Å²) in [6.45, 7) is 2.20. The van der Waals surface area contributed by atoms with Gasteiger partial charge in [0.2, 0.25) is 0 Å². The molecule has 0 saturated heterocycles. The first-order valence-corrected chi connectivity index (χ1v) is 6.83. The Morgan fingerprint density at radius 3 is 3.00 bits per heavy atom. The van der Waals surface area contributed by atoms with Crippen molar-refractivity contribution in [3.8, 4) is 11.4 Å². The number of rotatable bonds is 3. The van der Waals surface area contributed by atoms with Crippen LogP contribution in [-0.4, -0.2) is 20.2 Å². The minimum absolute atomic E-state index is 0.449. The van der Waals surface area contributed by atoms with Crippen LogP contribution in [0.25, 0.3) is 11.4 Å². The molecule has 1 aliphatic carbocycles. The Hall–Kier alpha value is -1.43. The maximum atomic E-state index is 5.90. The van der Waals surface area contributed by atoms with E-state index in [1.807, 2.05) is 22.9 Å². The summed E-state index contributed by atoms with van der Waals surface area (Å²) >= 11 is 3.39. The molecule has 2 aromatic rings. The van der Waals surface area contributed by atoms with E-state index in [1.54, 1.807) is 0 Å². The van der Waals surface area contributed by atoms with Crippen LogP contribution in [0.15, 0.2) is 22.7 Å². The van der Waals surface area contributed by atoms with Crippen molar-refractivity contribution in [2.75, 3.05) is 5.73 Å². The van der Waals surface area contributed by atoms with Crippen molar-refractivity contribution in [2.24, 2.45) is 5.92 Å². The van der Waals surface area contributed by atoms with Crippen LogP contribution in [0, 0.1) is 5.92 Å². The maximum Gasteiger partial charge on any atom is 0.182 e. The predicted molar refractivity (Wildman–Crippen MR) is 72.8 cm³/mol. The average Bonchev–Trinajstić information content (AvgIpc) is 3.00. The minimum Gasteiger partial charge on any atom is -0.398 e. The summed E-state index contributed by atoms with van der Waals surface area (Å²) in [7, 11) is 0. The number of nitrogens with two attached hydrogens (primary N) is 1. The third kappa shape index (κ3) is 1.90. The van der Waals surface area contributed by atoms with Gasteiger partial charge < -0.3 is 5.73 Å². The summed E-state index contributed by atoms with van der Waals surface area (Å²) in [5, 5.41) is 12.0. The Kier molecular flexibility index (Phi) is 2.81. The molecule has 0 amide bonds. The highest BCUT2D eigenvalue weighted by Crippen LogP contribution is 2.46. The van der Waals surface area contributed by atoms with Crippen LogP contribution in [0.3, 0.4) is 0 Å². The maximum absolute atomic E-state index is 5.90. The van der Waals surface area contributed by atoms with Gasteiger partial charge in [0.15, 0.2) is 5.82 Å². The van der Waals surface area contributed by atoms with E-state index in [2.05, 4.69) is 38.4 Å². The number of benzene rings is 1. The summed E-state index contributed by atoms with van der Waals surface area (Å²) in [5.41, 5.74) is 7.56. The van der Waals surface area contributed by atoms with E-state index in [4.69, 9.17) is 5.73 Å². The van der Waals surface area contributed by atoms with Crippen LogP contribution >= 0.6 is 15.9 Å². The van der Waals surface area contributed by atoms with Gasteiger partial charge in [-0.3, -0.25) is 0 Å². The van der Waals surface area contributed by atoms with E-state index in [9.17, 15) is 0 Å². The van der Waals surface area contributed by atoms with Gasteiger partial charge >= 0.3 is 0 Å². The fourth-order valence-corrected chi connectivity index (χ4v) is 2.51. The Morgan fingerprint density at radius 2 is 2.33 bits per heavy atom. The van der Waals surface area contributed by atoms with Crippen LogP contribution in [0.2, 0.25) is 0 Å². The van der Waals surface area contributed by atoms with Gasteiger partial charge in [-0.1, -0.05) is 13.3 Å². The molecule has 6 heteroatoms. The van der Waals surface area contributed by atoms with Crippen LogP contribution in [0.5, 0.6) is 0 Å². The van der Waals surface area contributed by atoms with Crippen molar-refractivity contribution < 1.29 is 0 Å². The summed E-state index contributed by atoms with van der Waals surface area (Å²) in [6, 6.07) is 6.25. The third-order valence-electron chi connectivity index (χ3n) is 3.47. The fourth-order valence-electron chi connectivity index (χ4n) is 2.26. The SMILES string of the molecule is CCC1CC1n1nnnc1-c1ccc(Br)c(N)c1. The number of hydrogen-bond acceptors (Lipinski definition) is 4. The number of tetrazole rings is 1. The van der Waals surface area contributed by atoms with Crippen molar-refractivity contribution in [2.45, 2.75) is 25.8 Å². The molecule has 1 fully saturated rings. The van der Waals surface area contributed by atoms with Gasteiger partial charge in [0.25, 0.3) is 0 Å². The highest BCUT2D eigenvalue weighted by atomic mass is 79.9. The molecule has 1 saturated carbocycles. The Morgan fingerprint density at radius 1 is 1.50 bits per heavy atom. The fraction of sp³-hybridized carbons (Fsp3) is 0.417. The summed E-state index contributed by atoms with van der Waals surface area (Å²) in [6.07, 6.45) is 2.34. The monoisotopic (exact) mass is 307 g/mol. The molecule has 1 aromatic carbocycles. The highest BCUT2D eigenvalue weighted by molar-refractivity contribution is 9.10. The number of nitrogen functional groups attached to an aromatic ring is 1. The smallest absolute Gasteiger partial charge is 0.182 e. The summed E-state index contributed by atoms with van der Waals surface area (Å²) < 4.78 is 2.82. The first-order chi connectivity index (χ1) is 8.70. The Labute approximate surface area is 113 Å². The number of nitrogens with zero attached hydrogens (tertiary/aromatic N) is 4. The van der Waals surface area contributed by atoms with E-state index in [0.717, 1.165) is 15.9 Å². The molecule has 2 atom stereocenters. The molecule has 1 aliphatic rings. The number of hydrogen-bond donors (Lipinski definition) is 1. The zero-order valence-electron chi connectivity index (χ0n) is 10.0. The zero-order chi connectivity index (χ0) is 12.7. The highest BCUT2D eigenvalue weighted by Gasteiger charge is 2.39. The second-order valence-electron chi connectivity index (χ2n) is 4.65. The molecule has 18 heavy (non-hydrogen) atoms. The third-order valence-corrected chi connectivity index (χ3v) is 4.19. The van der Waals surface area contributed by atoms with Gasteiger partial charge in [0.05, 0.1) is 6.04 Å². The van der Waals surface area contributed by atoms with Gasteiger partial charge in [-0.05, 0) is 56.9 Å². The Bertz CT molecular complexity index is 580. The topological polar surface area (TPSA) is 69.6 Å². The molecule has 2 N–H and O–H groups in total. The molecular weight excluding hydrogens is 294 g/mol. The lowest BCUT2D eigenvalue weighted by atomic mass is 10.2. The van der Waals surface area contributed by atoms with Crippen LogP contribution in [-0.2, 0) is 0 Å². The van der Waals surface area contributed by atoms with Crippen LogP contribution in [0.1, 0.15) is 25.8 Å². The van der Waals surface area contributed by atoms with E-state index in [-0.39, 0.29) is 0 Å². The molecule has 94 valence electrons. The van der Waals surface area contributed by atoms with Crippen molar-refractivity contribution in [1.82, 2.24) is 20.2 Å². The van der Waals surface area contributed by atoms with Crippen molar-refractivity contribution in [3.63, 3.8) is 0 Å². The zero-order valence-corrected chi connectivity index (χ0v) is 11.6. The number of halogens is 1. The largest absolute Gasteiger partial charge is 0.398 e. The van der Waals surface area contributed by atoms with E-state index in [0.29, 0.717) is 17.6 Å². The van der Waals surface area contributed by atoms with Gasteiger partial charge in [-0.2, -0.15) is 0 Å². The summed E-state index contributed by atoms with van der Waals surface area (Å²) in [5.74, 6) is 1.51. The normalized spacial score (nSPS) is 22.1. The molecule has 0 bridgehead atoms. The Balaban J connectivity index is 1.97. The first-order valence-electron chi connectivity index (χ1n) is 6.04. The lowest BCUT2D eigenvalue weighted by Gasteiger charge is -2.05. The molecule has 0 aliphatic heterocycles. The standard InChI is InChI=1S/C12H14BrN5/c1-2-7-6-11(7)18-12(15-16-17-18)8-3-4-9(13)10(14)5-8/h3-5,7,11H,2,6,14H2,1H3. The van der Waals surface area contributed by atoms with E-state index in [1.165, 1.54) is 12.8 Å². The van der Waals surface area contributed by atoms with Crippen molar-refractivity contribution >= 4 is 21.6 Å². The number of anilines is 1. The van der Waals surface area contributed by atoms with Crippen LogP contribution in [0.4, 0.5) is 5.69 Å².